The lowest BCUT2D eigenvalue weighted by Gasteiger charge is -2.18. The molecule has 5 nitrogen and oxygen atoms in total. The topological polar surface area (TPSA) is 79.1 Å². The van der Waals surface area contributed by atoms with Gasteiger partial charge < -0.3 is 5.11 Å². The van der Waals surface area contributed by atoms with Crippen LogP contribution in [0.4, 0.5) is 4.39 Å². The lowest BCUT2D eigenvalue weighted by molar-refractivity contribution is 0.0696. The number of allylic oxidation sites excluding steroid dienone is 2. The van der Waals surface area contributed by atoms with Crippen molar-refractivity contribution in [3.8, 4) is 0 Å². The molecule has 1 aliphatic carbocycles. The van der Waals surface area contributed by atoms with Crippen LogP contribution in [0.25, 0.3) is 11.6 Å². The molecule has 0 unspecified atom stereocenters. The van der Waals surface area contributed by atoms with Crippen molar-refractivity contribution in [2.45, 2.75) is 26.2 Å². The van der Waals surface area contributed by atoms with Crippen LogP contribution in [0.2, 0.25) is 0 Å². The van der Waals surface area contributed by atoms with Crippen LogP contribution in [0, 0.1) is 17.6 Å². The molecule has 0 fully saturated rings. The number of nitroso groups, excluding NO2 is 1. The zero-order valence-electron chi connectivity index (χ0n) is 19.0. The van der Waals surface area contributed by atoms with Gasteiger partial charge in [0, 0.05) is 16.5 Å². The number of aryl methyl sites for hydroxylation is 1. The summed E-state index contributed by atoms with van der Waals surface area (Å²) in [5.41, 5.74) is 6.41. The first-order valence-corrected chi connectivity index (χ1v) is 10.8. The van der Waals surface area contributed by atoms with Crippen molar-refractivity contribution in [3.05, 3.63) is 122 Å². The zero-order chi connectivity index (χ0) is 24.5. The van der Waals surface area contributed by atoms with Crippen LogP contribution in [0.1, 0.15) is 57.6 Å². The number of aromatic carboxylic acids is 1. The average molecular weight is 455 g/mol. The van der Waals surface area contributed by atoms with E-state index in [2.05, 4.69) is 61.5 Å². The molecule has 0 aliphatic heterocycles. The first-order chi connectivity index (χ1) is 16.2. The second kappa shape index (κ2) is 8.98. The van der Waals surface area contributed by atoms with Crippen LogP contribution < -0.4 is 0 Å². The molecule has 0 radical (unpaired) electrons. The Balaban J connectivity index is 1.70. The molecular weight excluding hydrogens is 431 g/mol. The highest BCUT2D eigenvalue weighted by Crippen LogP contribution is 2.43. The van der Waals surface area contributed by atoms with E-state index in [9.17, 15) is 14.1 Å². The molecule has 34 heavy (non-hydrogen) atoms. The maximum absolute atomic E-state index is 14.3. The number of halogens is 1. The molecule has 1 aliphatic rings. The number of hydrogen-bond acceptors (Lipinski definition) is 3. The molecule has 0 spiro atoms. The molecule has 3 aromatic rings. The number of carboxylic acids is 1. The normalized spacial score (nSPS) is 14.7. The van der Waals surface area contributed by atoms with Gasteiger partial charge in [0.25, 0.3) is 0 Å². The highest BCUT2D eigenvalue weighted by molar-refractivity contribution is 6.11. The molecule has 0 saturated heterocycles. The summed E-state index contributed by atoms with van der Waals surface area (Å²) in [6, 6.07) is 17.9. The lowest BCUT2D eigenvalue weighted by Crippen LogP contribution is -2.12. The zero-order valence-corrected chi connectivity index (χ0v) is 19.0. The third kappa shape index (κ3) is 4.48. The first-order valence-electron chi connectivity index (χ1n) is 10.8. The molecule has 0 saturated carbocycles. The molecule has 0 amide bonds. The van der Waals surface area contributed by atoms with Gasteiger partial charge in [0.2, 0.25) is 0 Å². The van der Waals surface area contributed by atoms with Gasteiger partial charge >= 0.3 is 5.97 Å². The summed E-state index contributed by atoms with van der Waals surface area (Å²) in [4.78, 5) is 22.0. The quantitative estimate of drug-likeness (QED) is 0.254. The summed E-state index contributed by atoms with van der Waals surface area (Å²) >= 11 is 0. The van der Waals surface area contributed by atoms with Crippen molar-refractivity contribution >= 4 is 23.3 Å². The molecule has 3 aromatic carbocycles. The summed E-state index contributed by atoms with van der Waals surface area (Å²) in [6.07, 6.45) is 5.17. The van der Waals surface area contributed by atoms with Gasteiger partial charge in [-0.1, -0.05) is 68.0 Å². The van der Waals surface area contributed by atoms with Gasteiger partial charge in [-0.2, -0.15) is 0 Å². The lowest BCUT2D eigenvalue weighted by atomic mass is 9.85. The van der Waals surface area contributed by atoms with E-state index in [1.807, 2.05) is 18.2 Å². The van der Waals surface area contributed by atoms with Crippen molar-refractivity contribution in [3.63, 3.8) is 0 Å². The highest BCUT2D eigenvalue weighted by atomic mass is 19.1. The van der Waals surface area contributed by atoms with Crippen molar-refractivity contribution in [1.82, 2.24) is 0 Å². The van der Waals surface area contributed by atoms with E-state index in [-0.39, 0.29) is 22.3 Å². The second-order valence-electron chi connectivity index (χ2n) is 8.85. The standard InChI is InChI=1S/C28H23FN2O3/c1-17-4-6-18(7-5-17)23-16-28(2,3)24-14-20(10-12-22(23)24)26(30-31-34)13-11-19-8-9-21(27(32)33)15-25(19)29/h4-16H,1-3H3,(H,32,33)/b13-11+,30-26-. The summed E-state index contributed by atoms with van der Waals surface area (Å²) in [6.45, 7) is 6.31. The number of nitrogens with zero attached hydrogens (tertiary/aromatic N) is 2. The van der Waals surface area contributed by atoms with Gasteiger partial charge in [0.05, 0.1) is 16.6 Å². The minimum atomic E-state index is -1.21. The molecular formula is C28H23FN2O3. The SMILES string of the molecule is Cc1ccc(C2=CC(C)(C)c3cc(C(/C=C/c4ccc(C(=O)O)cc4F)=N\N=O)ccc32)cc1. The van der Waals surface area contributed by atoms with E-state index in [1.54, 1.807) is 0 Å². The Kier molecular flexibility index (Phi) is 6.07. The number of fused-ring (bicyclic) bond motifs is 1. The fourth-order valence-corrected chi connectivity index (χ4v) is 4.16. The van der Waals surface area contributed by atoms with Crippen LogP contribution in [0.5, 0.6) is 0 Å². The number of benzene rings is 3. The molecule has 0 bridgehead atoms. The van der Waals surface area contributed by atoms with Gasteiger partial charge in [0.15, 0.2) is 0 Å². The van der Waals surface area contributed by atoms with Crippen molar-refractivity contribution in [2.75, 3.05) is 0 Å². The second-order valence-corrected chi connectivity index (χ2v) is 8.85. The van der Waals surface area contributed by atoms with Crippen molar-refractivity contribution in [1.29, 1.82) is 0 Å². The van der Waals surface area contributed by atoms with Crippen molar-refractivity contribution < 1.29 is 14.3 Å². The predicted molar refractivity (Wildman–Crippen MR) is 132 cm³/mol. The molecule has 4 rings (SSSR count). The molecule has 170 valence electrons. The smallest absolute Gasteiger partial charge is 0.335 e. The molecule has 0 atom stereocenters. The van der Waals surface area contributed by atoms with Crippen LogP contribution in [-0.2, 0) is 5.41 Å². The Hall–Kier alpha value is -4.19. The predicted octanol–water partition coefficient (Wildman–Crippen LogP) is 6.74. The van der Waals surface area contributed by atoms with E-state index in [0.29, 0.717) is 5.56 Å². The van der Waals surface area contributed by atoms with Gasteiger partial charge in [-0.05, 0) is 59.5 Å². The summed E-state index contributed by atoms with van der Waals surface area (Å²) in [7, 11) is 0. The monoisotopic (exact) mass is 454 g/mol. The Bertz CT molecular complexity index is 1380. The Morgan fingerprint density at radius 2 is 1.71 bits per heavy atom. The van der Waals surface area contributed by atoms with E-state index < -0.39 is 11.8 Å². The Morgan fingerprint density at radius 3 is 2.35 bits per heavy atom. The molecule has 0 heterocycles. The molecule has 0 aromatic heterocycles. The van der Waals surface area contributed by atoms with Gasteiger partial charge in [0.1, 0.15) is 5.82 Å². The molecule has 1 N–H and O–H groups in total. The van der Waals surface area contributed by atoms with Crippen LogP contribution in [0.15, 0.2) is 83.2 Å². The Morgan fingerprint density at radius 1 is 1.00 bits per heavy atom. The summed E-state index contributed by atoms with van der Waals surface area (Å²) < 4.78 is 14.3. The van der Waals surface area contributed by atoms with E-state index in [4.69, 9.17) is 5.11 Å². The first kappa shape index (κ1) is 23.0. The van der Waals surface area contributed by atoms with Crippen LogP contribution in [0.3, 0.4) is 0 Å². The largest absolute Gasteiger partial charge is 0.478 e. The Labute approximate surface area is 196 Å². The number of rotatable bonds is 6. The third-order valence-electron chi connectivity index (χ3n) is 5.98. The average Bonchev–Trinajstić information content (AvgIpc) is 3.08. The van der Waals surface area contributed by atoms with Crippen LogP contribution in [-0.4, -0.2) is 16.8 Å². The maximum Gasteiger partial charge on any atom is 0.335 e. The third-order valence-corrected chi connectivity index (χ3v) is 5.98. The van der Waals surface area contributed by atoms with E-state index in [0.717, 1.165) is 28.3 Å². The summed E-state index contributed by atoms with van der Waals surface area (Å²) in [5.74, 6) is -1.89. The summed E-state index contributed by atoms with van der Waals surface area (Å²) in [5, 5.41) is 15.4. The highest BCUT2D eigenvalue weighted by Gasteiger charge is 2.30. The minimum Gasteiger partial charge on any atom is -0.478 e. The van der Waals surface area contributed by atoms with Gasteiger partial charge in [-0.25, -0.2) is 9.18 Å². The minimum absolute atomic E-state index is 0.143. The fourth-order valence-electron chi connectivity index (χ4n) is 4.16. The number of hydrogen-bond donors (Lipinski definition) is 1. The van der Waals surface area contributed by atoms with E-state index >= 15 is 0 Å². The fraction of sp³-hybridized carbons (Fsp3) is 0.143. The van der Waals surface area contributed by atoms with E-state index in [1.165, 1.54) is 29.8 Å². The molecule has 6 heteroatoms. The van der Waals surface area contributed by atoms with Crippen molar-refractivity contribution in [2.24, 2.45) is 10.4 Å². The van der Waals surface area contributed by atoms with Gasteiger partial charge in [-0.3, -0.25) is 0 Å². The van der Waals surface area contributed by atoms with Gasteiger partial charge in [-0.15, -0.1) is 10.0 Å². The number of carbonyl (C=O) groups is 1. The maximum atomic E-state index is 14.3. The number of carboxylic acid groups (broad SMARTS) is 1. The van der Waals surface area contributed by atoms with Crippen LogP contribution >= 0.6 is 0 Å².